The van der Waals surface area contributed by atoms with Gasteiger partial charge in [-0.15, -0.1) is 0 Å². The third kappa shape index (κ3) is 6.24. The van der Waals surface area contributed by atoms with Gasteiger partial charge in [-0.05, 0) is 13.0 Å². The van der Waals surface area contributed by atoms with Crippen molar-refractivity contribution in [1.29, 1.82) is 0 Å². The van der Waals surface area contributed by atoms with Gasteiger partial charge in [0.15, 0.2) is 0 Å². The number of nitrogens with two attached hydrogens (primary N) is 1. The van der Waals surface area contributed by atoms with E-state index in [0.29, 0.717) is 19.5 Å². The van der Waals surface area contributed by atoms with Crippen molar-refractivity contribution in [3.8, 4) is 0 Å². The van der Waals surface area contributed by atoms with E-state index in [4.69, 9.17) is 10.8 Å². The van der Waals surface area contributed by atoms with Crippen LogP contribution < -0.4 is 16.4 Å². The third-order valence-corrected chi connectivity index (χ3v) is 1.66. The summed E-state index contributed by atoms with van der Waals surface area (Å²) in [5.74, 6) is -1.50. The van der Waals surface area contributed by atoms with Crippen LogP contribution in [0, 0.1) is 5.92 Å². The van der Waals surface area contributed by atoms with Gasteiger partial charge in [0, 0.05) is 13.1 Å². The van der Waals surface area contributed by atoms with E-state index in [2.05, 4.69) is 10.6 Å². The number of carbonyl (C=O) groups excluding carboxylic acids is 1. The molecule has 0 rings (SSSR count). The van der Waals surface area contributed by atoms with Crippen molar-refractivity contribution < 1.29 is 14.7 Å². The van der Waals surface area contributed by atoms with Crippen LogP contribution in [0.5, 0.6) is 0 Å². The standard InChI is InChI=1S/C8H17N3O3/c1-6(7(12)13)5-11-8(14)10-4-2-3-9/h6H,2-5,9H2,1H3,(H,12,13)(H2,10,11,14). The number of carbonyl (C=O) groups is 2. The second-order valence-electron chi connectivity index (χ2n) is 3.02. The molecule has 0 saturated carbocycles. The molecule has 1 unspecified atom stereocenters. The molecule has 82 valence electrons. The minimum atomic E-state index is -0.924. The first-order chi connectivity index (χ1) is 6.57. The highest BCUT2D eigenvalue weighted by molar-refractivity contribution is 5.75. The first-order valence-corrected chi connectivity index (χ1v) is 4.52. The van der Waals surface area contributed by atoms with E-state index in [1.807, 2.05) is 0 Å². The number of hydrogen-bond donors (Lipinski definition) is 4. The number of carboxylic acids is 1. The summed E-state index contributed by atoms with van der Waals surface area (Å²) in [5, 5.41) is 13.5. The van der Waals surface area contributed by atoms with Crippen LogP contribution in [0.4, 0.5) is 4.79 Å². The van der Waals surface area contributed by atoms with Gasteiger partial charge in [0.25, 0.3) is 0 Å². The minimum absolute atomic E-state index is 0.129. The highest BCUT2D eigenvalue weighted by Crippen LogP contribution is 1.90. The minimum Gasteiger partial charge on any atom is -0.481 e. The fourth-order valence-corrected chi connectivity index (χ4v) is 0.700. The Morgan fingerprint density at radius 2 is 2.07 bits per heavy atom. The number of amides is 2. The van der Waals surface area contributed by atoms with Crippen LogP contribution in [-0.2, 0) is 4.79 Å². The lowest BCUT2D eigenvalue weighted by atomic mass is 10.2. The van der Waals surface area contributed by atoms with Crippen LogP contribution in [0.1, 0.15) is 13.3 Å². The molecule has 6 nitrogen and oxygen atoms in total. The zero-order valence-electron chi connectivity index (χ0n) is 8.25. The van der Waals surface area contributed by atoms with Crippen LogP contribution >= 0.6 is 0 Å². The van der Waals surface area contributed by atoms with Crippen molar-refractivity contribution >= 4 is 12.0 Å². The molecule has 1 atom stereocenters. The van der Waals surface area contributed by atoms with Crippen molar-refractivity contribution in [3.05, 3.63) is 0 Å². The first kappa shape index (κ1) is 12.7. The number of carboxylic acid groups (broad SMARTS) is 1. The van der Waals surface area contributed by atoms with Crippen molar-refractivity contribution in [3.63, 3.8) is 0 Å². The Balaban J connectivity index is 3.48. The van der Waals surface area contributed by atoms with Crippen LogP contribution in [0.2, 0.25) is 0 Å². The van der Waals surface area contributed by atoms with E-state index in [-0.39, 0.29) is 12.6 Å². The quantitative estimate of drug-likeness (QED) is 0.431. The van der Waals surface area contributed by atoms with E-state index in [0.717, 1.165) is 0 Å². The van der Waals surface area contributed by atoms with Gasteiger partial charge < -0.3 is 21.5 Å². The highest BCUT2D eigenvalue weighted by Gasteiger charge is 2.11. The molecule has 0 radical (unpaired) electrons. The van der Waals surface area contributed by atoms with Gasteiger partial charge in [0.05, 0.1) is 5.92 Å². The van der Waals surface area contributed by atoms with E-state index >= 15 is 0 Å². The summed E-state index contributed by atoms with van der Waals surface area (Å²) in [6, 6.07) is -0.355. The largest absolute Gasteiger partial charge is 0.481 e. The molecular formula is C8H17N3O3. The average molecular weight is 203 g/mol. The molecule has 0 aliphatic carbocycles. The van der Waals surface area contributed by atoms with E-state index in [1.165, 1.54) is 6.92 Å². The number of rotatable bonds is 6. The summed E-state index contributed by atoms with van der Waals surface area (Å²) in [6.45, 7) is 2.68. The maximum atomic E-state index is 11.0. The van der Waals surface area contributed by atoms with Crippen LogP contribution in [0.3, 0.4) is 0 Å². The molecular weight excluding hydrogens is 186 g/mol. The third-order valence-electron chi connectivity index (χ3n) is 1.66. The summed E-state index contributed by atoms with van der Waals surface area (Å²) in [5.41, 5.74) is 5.23. The van der Waals surface area contributed by atoms with Crippen LogP contribution in [0.15, 0.2) is 0 Å². The van der Waals surface area contributed by atoms with Gasteiger partial charge in [-0.3, -0.25) is 4.79 Å². The molecule has 0 bridgehead atoms. The van der Waals surface area contributed by atoms with Gasteiger partial charge in [0.1, 0.15) is 0 Å². The molecule has 0 aliphatic heterocycles. The van der Waals surface area contributed by atoms with Crippen molar-refractivity contribution in [1.82, 2.24) is 10.6 Å². The van der Waals surface area contributed by atoms with Crippen molar-refractivity contribution in [2.75, 3.05) is 19.6 Å². The number of aliphatic carboxylic acids is 1. The molecule has 0 heterocycles. The molecule has 0 aromatic heterocycles. The van der Waals surface area contributed by atoms with Gasteiger partial charge in [-0.2, -0.15) is 0 Å². The Bertz CT molecular complexity index is 196. The van der Waals surface area contributed by atoms with Gasteiger partial charge in [-0.1, -0.05) is 6.92 Å². The topological polar surface area (TPSA) is 104 Å². The lowest BCUT2D eigenvalue weighted by Crippen LogP contribution is -2.39. The molecule has 6 heteroatoms. The SMILES string of the molecule is CC(CNC(=O)NCCCN)C(=O)O. The number of hydrogen-bond acceptors (Lipinski definition) is 3. The Morgan fingerprint density at radius 1 is 1.43 bits per heavy atom. The van der Waals surface area contributed by atoms with Crippen LogP contribution in [-0.4, -0.2) is 36.7 Å². The molecule has 0 fully saturated rings. The Morgan fingerprint density at radius 3 is 2.57 bits per heavy atom. The molecule has 5 N–H and O–H groups in total. The monoisotopic (exact) mass is 203 g/mol. The summed E-state index contributed by atoms with van der Waals surface area (Å²) in [4.78, 5) is 21.4. The number of nitrogens with one attached hydrogen (secondary N) is 2. The fraction of sp³-hybridized carbons (Fsp3) is 0.750. The summed E-state index contributed by atoms with van der Waals surface area (Å²) in [7, 11) is 0. The molecule has 2 amide bonds. The first-order valence-electron chi connectivity index (χ1n) is 4.52. The predicted octanol–water partition coefficient (Wildman–Crippen LogP) is -0.645. The predicted molar refractivity (Wildman–Crippen MR) is 51.9 cm³/mol. The number of urea groups is 1. The van der Waals surface area contributed by atoms with Gasteiger partial charge >= 0.3 is 12.0 Å². The smallest absolute Gasteiger partial charge is 0.314 e. The lowest BCUT2D eigenvalue weighted by molar-refractivity contribution is -0.140. The van der Waals surface area contributed by atoms with E-state index in [1.54, 1.807) is 0 Å². The second kappa shape index (κ2) is 7.14. The lowest BCUT2D eigenvalue weighted by Gasteiger charge is -2.09. The van der Waals surface area contributed by atoms with Crippen LogP contribution in [0.25, 0.3) is 0 Å². The molecule has 14 heavy (non-hydrogen) atoms. The summed E-state index contributed by atoms with van der Waals surface area (Å²) >= 11 is 0. The Hall–Kier alpha value is -1.30. The van der Waals surface area contributed by atoms with E-state index in [9.17, 15) is 9.59 Å². The Labute approximate surface area is 82.9 Å². The Kier molecular flexibility index (Phi) is 6.47. The molecule has 0 aromatic rings. The maximum absolute atomic E-state index is 11.0. The van der Waals surface area contributed by atoms with Crippen molar-refractivity contribution in [2.24, 2.45) is 11.7 Å². The molecule has 0 saturated heterocycles. The van der Waals surface area contributed by atoms with Gasteiger partial charge in [0.2, 0.25) is 0 Å². The van der Waals surface area contributed by atoms with Gasteiger partial charge in [-0.25, -0.2) is 4.79 Å². The summed E-state index contributed by atoms with van der Waals surface area (Å²) in [6.07, 6.45) is 0.710. The fourth-order valence-electron chi connectivity index (χ4n) is 0.700. The summed E-state index contributed by atoms with van der Waals surface area (Å²) < 4.78 is 0. The maximum Gasteiger partial charge on any atom is 0.314 e. The molecule has 0 aliphatic rings. The zero-order chi connectivity index (χ0) is 11.0. The average Bonchev–Trinajstić information content (AvgIpc) is 2.14. The zero-order valence-corrected chi connectivity index (χ0v) is 8.25. The molecule has 0 aromatic carbocycles. The molecule has 0 spiro atoms. The normalized spacial score (nSPS) is 11.9. The van der Waals surface area contributed by atoms with Crippen molar-refractivity contribution in [2.45, 2.75) is 13.3 Å². The highest BCUT2D eigenvalue weighted by atomic mass is 16.4. The van der Waals surface area contributed by atoms with E-state index < -0.39 is 11.9 Å². The second-order valence-corrected chi connectivity index (χ2v) is 3.02.